The summed E-state index contributed by atoms with van der Waals surface area (Å²) in [6, 6.07) is 3.54. The fourth-order valence-electron chi connectivity index (χ4n) is 3.48. The van der Waals surface area contributed by atoms with Gasteiger partial charge in [-0.05, 0) is 19.2 Å². The molecule has 3 aromatic rings. The fraction of sp³-hybridized carbons (Fsp3) is 0.333. The van der Waals surface area contributed by atoms with Crippen LogP contribution in [-0.4, -0.2) is 70.5 Å². The molecule has 4 heterocycles. The largest absolute Gasteiger partial charge is 0.477 e. The molecule has 4 rings (SSSR count). The SMILES string of the molecule is CN[C@H]1CN(c2ccc3c(=O)c(C(=O)O)cn(-c4nccs4)c3n2)C[C@@H]1OC.O. The maximum atomic E-state index is 12.6. The number of rotatable bonds is 5. The monoisotopic (exact) mass is 419 g/mol. The molecule has 1 saturated heterocycles. The standard InChI is InChI=1S/C18H19N5O4S.H2O/c1-19-12-8-22(9-13(12)27-2)14-4-3-10-15(24)11(17(25)26)7-23(16(10)21-14)18-20-5-6-28-18;/h3-7,12-13,19H,8-9H2,1-2H3,(H,25,26);1H2/t12-,13-;/m0./s1. The first-order valence-electron chi connectivity index (χ1n) is 8.68. The zero-order valence-electron chi connectivity index (χ0n) is 15.8. The van der Waals surface area contributed by atoms with Crippen LogP contribution in [0.4, 0.5) is 5.82 Å². The molecule has 0 saturated carbocycles. The molecular formula is C18H21N5O5S. The van der Waals surface area contributed by atoms with E-state index in [1.165, 1.54) is 17.5 Å². The summed E-state index contributed by atoms with van der Waals surface area (Å²) in [7, 11) is 3.57. The minimum Gasteiger partial charge on any atom is -0.477 e. The Balaban J connectivity index is 0.00000240. The van der Waals surface area contributed by atoms with Gasteiger partial charge in [0.05, 0.1) is 17.5 Å². The van der Waals surface area contributed by atoms with Crippen molar-refractivity contribution in [3.8, 4) is 5.13 Å². The van der Waals surface area contributed by atoms with Crippen LogP contribution in [0.5, 0.6) is 0 Å². The van der Waals surface area contributed by atoms with E-state index in [9.17, 15) is 14.7 Å². The Morgan fingerprint density at radius 2 is 2.17 bits per heavy atom. The normalized spacial score (nSPS) is 18.8. The van der Waals surface area contributed by atoms with Gasteiger partial charge in [-0.15, -0.1) is 11.3 Å². The summed E-state index contributed by atoms with van der Waals surface area (Å²) in [4.78, 5) is 35.2. The molecule has 0 amide bonds. The van der Waals surface area contributed by atoms with Crippen molar-refractivity contribution in [3.63, 3.8) is 0 Å². The molecule has 10 nitrogen and oxygen atoms in total. The highest BCUT2D eigenvalue weighted by Gasteiger charge is 2.32. The van der Waals surface area contributed by atoms with Crippen molar-refractivity contribution in [2.24, 2.45) is 0 Å². The van der Waals surface area contributed by atoms with Gasteiger partial charge >= 0.3 is 5.97 Å². The van der Waals surface area contributed by atoms with Crippen molar-refractivity contribution in [2.45, 2.75) is 12.1 Å². The molecule has 0 spiro atoms. The van der Waals surface area contributed by atoms with Gasteiger partial charge in [-0.1, -0.05) is 0 Å². The van der Waals surface area contributed by atoms with Crippen LogP contribution in [0.1, 0.15) is 10.4 Å². The Morgan fingerprint density at radius 3 is 2.76 bits per heavy atom. The topological polar surface area (TPSA) is 141 Å². The maximum Gasteiger partial charge on any atom is 0.341 e. The summed E-state index contributed by atoms with van der Waals surface area (Å²) < 4.78 is 7.10. The number of pyridine rings is 2. The number of aromatic nitrogens is 3. The van der Waals surface area contributed by atoms with Gasteiger partial charge in [-0.2, -0.15) is 0 Å². The second kappa shape index (κ2) is 8.25. The van der Waals surface area contributed by atoms with Crippen LogP contribution >= 0.6 is 11.3 Å². The zero-order chi connectivity index (χ0) is 19.8. The highest BCUT2D eigenvalue weighted by atomic mass is 32.1. The molecule has 0 radical (unpaired) electrons. The van der Waals surface area contributed by atoms with Gasteiger partial charge in [-0.25, -0.2) is 14.8 Å². The van der Waals surface area contributed by atoms with E-state index in [1.54, 1.807) is 35.4 Å². The van der Waals surface area contributed by atoms with E-state index in [0.29, 0.717) is 29.7 Å². The molecule has 154 valence electrons. The lowest BCUT2D eigenvalue weighted by molar-refractivity contribution is 0.0695. The van der Waals surface area contributed by atoms with E-state index in [-0.39, 0.29) is 28.6 Å². The number of hydrogen-bond acceptors (Lipinski definition) is 8. The van der Waals surface area contributed by atoms with Crippen LogP contribution in [0.25, 0.3) is 16.2 Å². The van der Waals surface area contributed by atoms with E-state index in [2.05, 4.69) is 15.2 Å². The molecule has 3 aromatic heterocycles. The average Bonchev–Trinajstić information content (AvgIpc) is 3.37. The van der Waals surface area contributed by atoms with Crippen LogP contribution in [0.2, 0.25) is 0 Å². The van der Waals surface area contributed by atoms with Gasteiger partial charge in [0.2, 0.25) is 5.43 Å². The van der Waals surface area contributed by atoms with E-state index >= 15 is 0 Å². The number of likely N-dealkylation sites (N-methyl/N-ethyl adjacent to an activating group) is 1. The minimum atomic E-state index is -1.28. The van der Waals surface area contributed by atoms with E-state index < -0.39 is 11.4 Å². The van der Waals surface area contributed by atoms with Gasteiger partial charge in [0.25, 0.3) is 0 Å². The van der Waals surface area contributed by atoms with Crippen molar-refractivity contribution in [1.29, 1.82) is 0 Å². The lowest BCUT2D eigenvalue weighted by Gasteiger charge is -2.18. The summed E-state index contributed by atoms with van der Waals surface area (Å²) >= 11 is 1.34. The lowest BCUT2D eigenvalue weighted by atomic mass is 10.2. The first-order chi connectivity index (χ1) is 13.5. The van der Waals surface area contributed by atoms with Gasteiger partial charge < -0.3 is 25.5 Å². The Hall–Kier alpha value is -2.86. The molecule has 29 heavy (non-hydrogen) atoms. The second-order valence-electron chi connectivity index (χ2n) is 6.48. The third kappa shape index (κ3) is 3.60. The summed E-state index contributed by atoms with van der Waals surface area (Å²) in [6.07, 6.45) is 2.94. The number of methoxy groups -OCH3 is 1. The summed E-state index contributed by atoms with van der Waals surface area (Å²) in [5, 5.41) is 15.2. The number of carboxylic acids is 1. The first-order valence-corrected chi connectivity index (χ1v) is 9.56. The van der Waals surface area contributed by atoms with Crippen LogP contribution < -0.4 is 15.6 Å². The molecule has 0 aliphatic carbocycles. The van der Waals surface area contributed by atoms with Gasteiger partial charge in [0.1, 0.15) is 11.4 Å². The van der Waals surface area contributed by atoms with Crippen molar-refractivity contribution in [2.75, 3.05) is 32.1 Å². The third-order valence-corrected chi connectivity index (χ3v) is 5.73. The average molecular weight is 419 g/mol. The molecule has 0 bridgehead atoms. The van der Waals surface area contributed by atoms with Crippen molar-refractivity contribution >= 4 is 34.2 Å². The zero-order valence-corrected chi connectivity index (χ0v) is 16.6. The van der Waals surface area contributed by atoms with E-state index in [1.807, 2.05) is 7.05 Å². The molecule has 1 aliphatic heterocycles. The molecular weight excluding hydrogens is 398 g/mol. The van der Waals surface area contributed by atoms with Gasteiger partial charge in [-0.3, -0.25) is 9.36 Å². The fourth-order valence-corrected chi connectivity index (χ4v) is 4.10. The number of hydrogen-bond donors (Lipinski definition) is 2. The molecule has 11 heteroatoms. The van der Waals surface area contributed by atoms with Gasteiger partial charge in [0, 0.05) is 38.0 Å². The number of fused-ring (bicyclic) bond motifs is 1. The predicted octanol–water partition coefficient (Wildman–Crippen LogP) is 0.139. The second-order valence-corrected chi connectivity index (χ2v) is 7.35. The number of anilines is 1. The third-order valence-electron chi connectivity index (χ3n) is 4.96. The number of aromatic carboxylic acids is 1. The summed E-state index contributed by atoms with van der Waals surface area (Å²) in [6.45, 7) is 1.37. The molecule has 2 atom stereocenters. The first kappa shape index (κ1) is 20.9. The summed E-state index contributed by atoms with van der Waals surface area (Å²) in [5.41, 5.74) is -0.490. The molecule has 1 fully saturated rings. The van der Waals surface area contributed by atoms with Crippen LogP contribution in [-0.2, 0) is 4.74 Å². The molecule has 1 aliphatic rings. The highest BCUT2D eigenvalue weighted by molar-refractivity contribution is 7.12. The maximum absolute atomic E-state index is 12.6. The van der Waals surface area contributed by atoms with Crippen LogP contribution in [0, 0.1) is 0 Å². The number of ether oxygens (including phenoxy) is 1. The number of nitrogens with zero attached hydrogens (tertiary/aromatic N) is 4. The Kier molecular flexibility index (Phi) is 5.94. The number of carbonyl (C=O) groups is 1. The van der Waals surface area contributed by atoms with Crippen LogP contribution in [0.3, 0.4) is 0 Å². The minimum absolute atomic E-state index is 0. The quantitative estimate of drug-likeness (QED) is 0.595. The Labute approximate surface area is 169 Å². The number of carboxylic acid groups (broad SMARTS) is 1. The van der Waals surface area contributed by atoms with Gasteiger partial charge in [0.15, 0.2) is 10.8 Å². The predicted molar refractivity (Wildman–Crippen MR) is 109 cm³/mol. The molecule has 0 aromatic carbocycles. The Bertz CT molecular complexity index is 1070. The lowest BCUT2D eigenvalue weighted by Crippen LogP contribution is -2.37. The van der Waals surface area contributed by atoms with E-state index in [0.717, 1.165) is 0 Å². The van der Waals surface area contributed by atoms with Crippen molar-refractivity contribution < 1.29 is 20.1 Å². The number of nitrogens with one attached hydrogen (secondary N) is 1. The van der Waals surface area contributed by atoms with Crippen molar-refractivity contribution in [1.82, 2.24) is 19.9 Å². The van der Waals surface area contributed by atoms with E-state index in [4.69, 9.17) is 9.72 Å². The Morgan fingerprint density at radius 1 is 1.38 bits per heavy atom. The summed E-state index contributed by atoms with van der Waals surface area (Å²) in [5.74, 6) is -0.583. The molecule has 4 N–H and O–H groups in total. The highest BCUT2D eigenvalue weighted by Crippen LogP contribution is 2.24. The van der Waals surface area contributed by atoms with Crippen molar-refractivity contribution in [3.05, 3.63) is 45.7 Å². The van der Waals surface area contributed by atoms with Crippen LogP contribution in [0.15, 0.2) is 34.7 Å². The molecule has 0 unspecified atom stereocenters. The smallest absolute Gasteiger partial charge is 0.341 e. The number of thiazole rings is 1.